The van der Waals surface area contributed by atoms with Crippen molar-refractivity contribution in [3.05, 3.63) is 23.3 Å². The van der Waals surface area contributed by atoms with Gasteiger partial charge in [-0.2, -0.15) is 0 Å². The molecule has 0 spiro atoms. The maximum atomic E-state index is 13.9. The van der Waals surface area contributed by atoms with Crippen molar-refractivity contribution in [1.82, 2.24) is 0 Å². The highest BCUT2D eigenvalue weighted by molar-refractivity contribution is 5.98. The number of carbonyl (C=O) groups excluding carboxylic acids is 3. The van der Waals surface area contributed by atoms with E-state index in [4.69, 9.17) is 15.2 Å². The molecular formula is C37H53NO7. The molecule has 3 unspecified atom stereocenters. The Kier molecular flexibility index (Phi) is 7.01. The fraction of sp³-hybridized carbons (Fsp3) is 0.811. The fourth-order valence-electron chi connectivity index (χ4n) is 12.0. The van der Waals surface area contributed by atoms with Crippen molar-refractivity contribution in [3.63, 3.8) is 0 Å². The standard InChI is InChI=1S/C37H53NO7/c1-19(2)29(38)32(41)44-18-25-11-26-30-33(5,6)36(30,12-21(4)37(26,43)27-7-20(3)31(40)35(27,42)16-25)45-28(39)17-34-13-22-8-23(14-34)10-24(9-22)15-34/h7,11,19-24,26,29-30,42-43H,8-10,12-18,38H2,1-6H3/t20?,21-,22?,23?,24?,26?,29?,30-,34?,35-,36+,37-/m1/s1. The Morgan fingerprint density at radius 2 is 1.60 bits per heavy atom. The monoisotopic (exact) mass is 623 g/mol. The third-order valence-corrected chi connectivity index (χ3v) is 13.9. The molecule has 4 bridgehead atoms. The van der Waals surface area contributed by atoms with E-state index < -0.39 is 52.0 Å². The number of nitrogens with two attached hydrogens (primary N) is 1. The van der Waals surface area contributed by atoms with Crippen LogP contribution in [0.15, 0.2) is 23.3 Å². The zero-order valence-corrected chi connectivity index (χ0v) is 27.9. The number of rotatable bonds is 7. The van der Waals surface area contributed by atoms with Gasteiger partial charge in [0.2, 0.25) is 0 Å². The average Bonchev–Trinajstić information content (AvgIpc) is 3.33. The first kappa shape index (κ1) is 31.6. The first-order valence-corrected chi connectivity index (χ1v) is 17.5. The van der Waals surface area contributed by atoms with Crippen LogP contribution < -0.4 is 5.73 Å². The SMILES string of the molecule is CC1C=C2[C@](O)(CC(COC(=O)C(N)C(C)C)=CC3[C@@H]4C(C)(C)[C@]4(OC(=O)CC45CC6CC(CC(C6)C4)C5)C[C@@H](C)[C@]23O)C1=O. The van der Waals surface area contributed by atoms with E-state index in [1.54, 1.807) is 13.0 Å². The molecule has 248 valence electrons. The maximum Gasteiger partial charge on any atom is 0.323 e. The van der Waals surface area contributed by atoms with Gasteiger partial charge in [0, 0.05) is 29.6 Å². The van der Waals surface area contributed by atoms with Gasteiger partial charge in [0.05, 0.1) is 12.0 Å². The molecule has 0 aliphatic heterocycles. The van der Waals surface area contributed by atoms with Gasteiger partial charge in [0.15, 0.2) is 11.4 Å². The minimum Gasteiger partial charge on any atom is -0.460 e. The summed E-state index contributed by atoms with van der Waals surface area (Å²) in [6, 6.07) is -0.793. The van der Waals surface area contributed by atoms with E-state index in [0.717, 1.165) is 37.0 Å². The number of allylic oxidation sites excluding steroid dienone is 1. The molecular weight excluding hydrogens is 570 g/mol. The van der Waals surface area contributed by atoms with Gasteiger partial charge < -0.3 is 25.4 Å². The van der Waals surface area contributed by atoms with E-state index in [2.05, 4.69) is 13.8 Å². The lowest BCUT2D eigenvalue weighted by Gasteiger charge is -2.56. The fourth-order valence-corrected chi connectivity index (χ4v) is 12.0. The zero-order chi connectivity index (χ0) is 32.5. The van der Waals surface area contributed by atoms with Crippen molar-refractivity contribution < 1.29 is 34.1 Å². The summed E-state index contributed by atoms with van der Waals surface area (Å²) in [5, 5.41) is 24.8. The summed E-state index contributed by atoms with van der Waals surface area (Å²) < 4.78 is 12.3. The lowest BCUT2D eigenvalue weighted by molar-refractivity contribution is -0.171. The van der Waals surface area contributed by atoms with Gasteiger partial charge in [0.1, 0.15) is 18.2 Å². The van der Waals surface area contributed by atoms with Crippen LogP contribution >= 0.6 is 0 Å². The Bertz CT molecular complexity index is 1340. The molecule has 6 saturated carbocycles. The minimum absolute atomic E-state index is 0.0653. The summed E-state index contributed by atoms with van der Waals surface area (Å²) in [4.78, 5) is 40.2. The second-order valence-corrected chi connectivity index (χ2v) is 17.6. The third-order valence-electron chi connectivity index (χ3n) is 13.9. The van der Waals surface area contributed by atoms with E-state index >= 15 is 0 Å². The highest BCUT2D eigenvalue weighted by atomic mass is 16.6. The first-order valence-electron chi connectivity index (χ1n) is 17.5. The van der Waals surface area contributed by atoms with Gasteiger partial charge in [-0.15, -0.1) is 0 Å². The Morgan fingerprint density at radius 3 is 2.18 bits per heavy atom. The van der Waals surface area contributed by atoms with Crippen LogP contribution in [0.5, 0.6) is 0 Å². The molecule has 0 amide bonds. The maximum absolute atomic E-state index is 13.9. The second kappa shape index (κ2) is 9.99. The third kappa shape index (κ3) is 4.43. The molecule has 8 aliphatic rings. The number of ether oxygens (including phenoxy) is 2. The Balaban J connectivity index is 1.20. The summed E-state index contributed by atoms with van der Waals surface area (Å²) in [6.07, 6.45) is 11.9. The predicted octanol–water partition coefficient (Wildman–Crippen LogP) is 4.65. The van der Waals surface area contributed by atoms with Crippen LogP contribution in [0.1, 0.15) is 99.3 Å². The van der Waals surface area contributed by atoms with Gasteiger partial charge >= 0.3 is 11.9 Å². The van der Waals surface area contributed by atoms with Crippen LogP contribution in [0.25, 0.3) is 0 Å². The average molecular weight is 624 g/mol. The van der Waals surface area contributed by atoms with Crippen LogP contribution in [0.2, 0.25) is 0 Å². The number of ketones is 1. The number of Topliss-reactive ketones (excluding diaryl/α,β-unsaturated/α-hetero) is 1. The lowest BCUT2D eigenvalue weighted by Crippen LogP contribution is -2.57. The van der Waals surface area contributed by atoms with E-state index in [1.807, 2.05) is 26.8 Å². The number of aliphatic hydroxyl groups is 2. The molecule has 45 heavy (non-hydrogen) atoms. The van der Waals surface area contributed by atoms with Crippen LogP contribution in [0, 0.1) is 58.2 Å². The molecule has 0 aromatic carbocycles. The molecule has 0 radical (unpaired) electrons. The van der Waals surface area contributed by atoms with Crippen molar-refractivity contribution >= 4 is 17.7 Å². The van der Waals surface area contributed by atoms with E-state index in [0.29, 0.717) is 24.0 Å². The predicted molar refractivity (Wildman–Crippen MR) is 167 cm³/mol. The number of fused-ring (bicyclic) bond motifs is 5. The largest absolute Gasteiger partial charge is 0.460 e. The molecule has 0 saturated heterocycles. The van der Waals surface area contributed by atoms with Crippen molar-refractivity contribution in [2.75, 3.05) is 6.61 Å². The molecule has 8 nitrogen and oxygen atoms in total. The molecule has 0 aromatic heterocycles. The highest BCUT2D eigenvalue weighted by Gasteiger charge is 2.82. The topological polar surface area (TPSA) is 136 Å². The van der Waals surface area contributed by atoms with Crippen LogP contribution in [0.4, 0.5) is 0 Å². The number of esters is 2. The second-order valence-electron chi connectivity index (χ2n) is 17.6. The van der Waals surface area contributed by atoms with Gasteiger partial charge in [-0.1, -0.05) is 53.7 Å². The summed E-state index contributed by atoms with van der Waals surface area (Å²) in [5.41, 5.74) is 2.40. The summed E-state index contributed by atoms with van der Waals surface area (Å²) in [7, 11) is 0. The van der Waals surface area contributed by atoms with Crippen LogP contribution in [0.3, 0.4) is 0 Å². The summed E-state index contributed by atoms with van der Waals surface area (Å²) in [6.45, 7) is 11.5. The van der Waals surface area contributed by atoms with Crippen molar-refractivity contribution in [1.29, 1.82) is 0 Å². The van der Waals surface area contributed by atoms with Crippen molar-refractivity contribution in [3.8, 4) is 0 Å². The molecule has 8 aliphatic carbocycles. The van der Waals surface area contributed by atoms with Crippen molar-refractivity contribution in [2.45, 2.75) is 122 Å². The number of hydrogen-bond acceptors (Lipinski definition) is 8. The van der Waals surface area contributed by atoms with E-state index in [1.165, 1.54) is 19.3 Å². The molecule has 0 heterocycles. The normalized spacial score (nSPS) is 47.6. The lowest BCUT2D eigenvalue weighted by atomic mass is 9.49. The molecule has 8 rings (SSSR count). The Labute approximate surface area is 267 Å². The van der Waals surface area contributed by atoms with Gasteiger partial charge in [-0.25, -0.2) is 0 Å². The molecule has 4 N–H and O–H groups in total. The van der Waals surface area contributed by atoms with E-state index in [-0.39, 0.29) is 42.0 Å². The molecule has 8 atom stereocenters. The molecule has 8 heteroatoms. The van der Waals surface area contributed by atoms with E-state index in [9.17, 15) is 24.6 Å². The van der Waals surface area contributed by atoms with Gasteiger partial charge in [0.25, 0.3) is 0 Å². The highest BCUT2D eigenvalue weighted by Crippen LogP contribution is 2.76. The van der Waals surface area contributed by atoms with Crippen LogP contribution in [-0.4, -0.2) is 57.4 Å². The zero-order valence-electron chi connectivity index (χ0n) is 27.9. The number of carbonyl (C=O) groups is 3. The smallest absolute Gasteiger partial charge is 0.323 e. The van der Waals surface area contributed by atoms with Gasteiger partial charge in [-0.3, -0.25) is 14.4 Å². The van der Waals surface area contributed by atoms with Gasteiger partial charge in [-0.05, 0) is 91.1 Å². The minimum atomic E-state index is -1.90. The number of hydrogen-bond donors (Lipinski definition) is 3. The van der Waals surface area contributed by atoms with Crippen LogP contribution in [-0.2, 0) is 23.9 Å². The molecule has 0 aromatic rings. The van der Waals surface area contributed by atoms with Crippen molar-refractivity contribution in [2.24, 2.45) is 63.9 Å². The quantitative estimate of drug-likeness (QED) is 0.276. The Morgan fingerprint density at radius 1 is 1.00 bits per heavy atom. The summed E-state index contributed by atoms with van der Waals surface area (Å²) >= 11 is 0. The Hall–Kier alpha value is -2.03. The summed E-state index contributed by atoms with van der Waals surface area (Å²) in [5.74, 6) is -0.634. The first-order chi connectivity index (χ1) is 21.0. The molecule has 6 fully saturated rings.